The maximum absolute atomic E-state index is 13.0. The Hall–Kier alpha value is -3.68. The van der Waals surface area contributed by atoms with Crippen LogP contribution < -0.4 is 10.1 Å². The molecule has 1 aromatic heterocycles. The molecule has 4 rings (SSSR count). The lowest BCUT2D eigenvalue weighted by Gasteiger charge is -2.31. The number of likely N-dealkylation sites (tertiary alicyclic amines) is 1. The number of carbonyl (C=O) groups excluding carboxylic acids is 2. The van der Waals surface area contributed by atoms with Crippen molar-refractivity contribution in [2.24, 2.45) is 0 Å². The van der Waals surface area contributed by atoms with Gasteiger partial charge >= 0.3 is 0 Å². The molecule has 1 saturated heterocycles. The maximum atomic E-state index is 13.0. The van der Waals surface area contributed by atoms with Crippen LogP contribution in [0.25, 0.3) is 11.4 Å². The van der Waals surface area contributed by atoms with Gasteiger partial charge in [0.05, 0.1) is 12.5 Å². The topological polar surface area (TPSA) is 97.6 Å². The lowest BCUT2D eigenvalue weighted by molar-refractivity contribution is -0.114. The molecule has 0 unspecified atom stereocenters. The fraction of sp³-hybridized carbons (Fsp3) is 0.333. The number of anilines is 1. The second kappa shape index (κ2) is 9.64. The van der Waals surface area contributed by atoms with Gasteiger partial charge < -0.3 is 19.5 Å². The average Bonchev–Trinajstić information content (AvgIpc) is 3.30. The SMILES string of the molecule is CCOc1ccc(C(=O)N2CCC[C@@H](c3nc(-c4ccc(NC(C)=O)cc4)no3)C2)cc1. The van der Waals surface area contributed by atoms with Crippen molar-refractivity contribution in [2.75, 3.05) is 25.0 Å². The monoisotopic (exact) mass is 434 g/mol. The van der Waals surface area contributed by atoms with Gasteiger partial charge in [-0.25, -0.2) is 0 Å². The number of amides is 2. The van der Waals surface area contributed by atoms with E-state index in [4.69, 9.17) is 9.26 Å². The summed E-state index contributed by atoms with van der Waals surface area (Å²) >= 11 is 0. The highest BCUT2D eigenvalue weighted by atomic mass is 16.5. The summed E-state index contributed by atoms with van der Waals surface area (Å²) in [6, 6.07) is 14.5. The van der Waals surface area contributed by atoms with Crippen LogP contribution >= 0.6 is 0 Å². The van der Waals surface area contributed by atoms with Crippen LogP contribution in [-0.2, 0) is 4.79 Å². The summed E-state index contributed by atoms with van der Waals surface area (Å²) in [5, 5.41) is 6.85. The van der Waals surface area contributed by atoms with Crippen LogP contribution in [0.2, 0.25) is 0 Å². The van der Waals surface area contributed by atoms with Gasteiger partial charge in [-0.15, -0.1) is 0 Å². The zero-order chi connectivity index (χ0) is 22.5. The van der Waals surface area contributed by atoms with E-state index in [1.807, 2.05) is 36.1 Å². The third kappa shape index (κ3) is 4.96. The van der Waals surface area contributed by atoms with E-state index < -0.39 is 0 Å². The van der Waals surface area contributed by atoms with Crippen molar-refractivity contribution in [3.8, 4) is 17.1 Å². The summed E-state index contributed by atoms with van der Waals surface area (Å²) in [6.45, 7) is 5.22. The van der Waals surface area contributed by atoms with Crippen LogP contribution in [0, 0.1) is 0 Å². The van der Waals surface area contributed by atoms with Gasteiger partial charge in [0.25, 0.3) is 5.91 Å². The largest absolute Gasteiger partial charge is 0.494 e. The second-order valence-electron chi connectivity index (χ2n) is 7.76. The molecule has 0 radical (unpaired) electrons. The molecule has 0 aliphatic carbocycles. The van der Waals surface area contributed by atoms with Crippen molar-refractivity contribution in [1.29, 1.82) is 0 Å². The number of nitrogens with one attached hydrogen (secondary N) is 1. The van der Waals surface area contributed by atoms with Gasteiger partial charge in [0.2, 0.25) is 17.6 Å². The van der Waals surface area contributed by atoms with E-state index in [2.05, 4.69) is 15.5 Å². The van der Waals surface area contributed by atoms with Gasteiger partial charge in [-0.1, -0.05) is 5.16 Å². The lowest BCUT2D eigenvalue weighted by Crippen LogP contribution is -2.39. The minimum Gasteiger partial charge on any atom is -0.494 e. The van der Waals surface area contributed by atoms with Gasteiger partial charge in [-0.05, 0) is 68.3 Å². The lowest BCUT2D eigenvalue weighted by atomic mass is 9.97. The molecule has 1 atom stereocenters. The Kier molecular flexibility index (Phi) is 6.49. The first-order valence-electron chi connectivity index (χ1n) is 10.8. The molecular weight excluding hydrogens is 408 g/mol. The number of hydrogen-bond acceptors (Lipinski definition) is 6. The van der Waals surface area contributed by atoms with E-state index >= 15 is 0 Å². The van der Waals surface area contributed by atoms with Crippen LogP contribution in [0.1, 0.15) is 48.9 Å². The van der Waals surface area contributed by atoms with Crippen molar-refractivity contribution in [2.45, 2.75) is 32.6 Å². The first-order valence-corrected chi connectivity index (χ1v) is 10.8. The number of aromatic nitrogens is 2. The van der Waals surface area contributed by atoms with Crippen LogP contribution in [0.5, 0.6) is 5.75 Å². The summed E-state index contributed by atoms with van der Waals surface area (Å²) in [5.41, 5.74) is 2.15. The third-order valence-corrected chi connectivity index (χ3v) is 5.38. The van der Waals surface area contributed by atoms with E-state index in [1.165, 1.54) is 6.92 Å². The summed E-state index contributed by atoms with van der Waals surface area (Å²) in [4.78, 5) is 30.6. The first kappa shape index (κ1) is 21.5. The van der Waals surface area contributed by atoms with Gasteiger partial charge in [-0.3, -0.25) is 9.59 Å². The minimum atomic E-state index is -0.124. The number of ether oxygens (including phenoxy) is 1. The fourth-order valence-electron chi connectivity index (χ4n) is 3.83. The van der Waals surface area contributed by atoms with Gasteiger partial charge in [0.15, 0.2) is 0 Å². The van der Waals surface area contributed by atoms with Gasteiger partial charge in [0, 0.05) is 36.8 Å². The standard InChI is InChI=1S/C24H26N4O4/c1-3-31-21-12-8-18(9-13-21)24(30)28-14-4-5-19(15-28)23-26-22(27-32-23)17-6-10-20(11-7-17)25-16(2)29/h6-13,19H,3-5,14-15H2,1-2H3,(H,25,29)/t19-/m1/s1. The second-order valence-corrected chi connectivity index (χ2v) is 7.76. The van der Waals surface area contributed by atoms with Crippen molar-refractivity contribution < 1.29 is 18.8 Å². The Morgan fingerprint density at radius 2 is 1.91 bits per heavy atom. The zero-order valence-corrected chi connectivity index (χ0v) is 18.2. The molecule has 1 N–H and O–H groups in total. The highest BCUT2D eigenvalue weighted by molar-refractivity contribution is 5.94. The van der Waals surface area contributed by atoms with E-state index in [-0.39, 0.29) is 17.7 Å². The summed E-state index contributed by atoms with van der Waals surface area (Å²) in [5.74, 6) is 1.64. The number of piperidine rings is 1. The van der Waals surface area contributed by atoms with Crippen molar-refractivity contribution in [1.82, 2.24) is 15.0 Å². The molecule has 8 nitrogen and oxygen atoms in total. The quantitative estimate of drug-likeness (QED) is 0.627. The molecule has 2 aromatic carbocycles. The zero-order valence-electron chi connectivity index (χ0n) is 18.2. The third-order valence-electron chi connectivity index (χ3n) is 5.38. The Labute approximate surface area is 186 Å². The average molecular weight is 434 g/mol. The Morgan fingerprint density at radius 1 is 1.16 bits per heavy atom. The molecule has 1 aliphatic rings. The summed E-state index contributed by atoms with van der Waals surface area (Å²) in [7, 11) is 0. The molecule has 2 amide bonds. The highest BCUT2D eigenvalue weighted by Crippen LogP contribution is 2.29. The summed E-state index contributed by atoms with van der Waals surface area (Å²) in [6.07, 6.45) is 1.76. The molecular formula is C24H26N4O4. The molecule has 0 spiro atoms. The predicted molar refractivity (Wildman–Crippen MR) is 120 cm³/mol. The van der Waals surface area contributed by atoms with Gasteiger partial charge in [0.1, 0.15) is 5.75 Å². The molecule has 32 heavy (non-hydrogen) atoms. The Morgan fingerprint density at radius 3 is 2.59 bits per heavy atom. The number of rotatable bonds is 6. The van der Waals surface area contributed by atoms with Crippen molar-refractivity contribution in [3.63, 3.8) is 0 Å². The number of benzene rings is 2. The van der Waals surface area contributed by atoms with Crippen LogP contribution in [0.15, 0.2) is 53.1 Å². The number of nitrogens with zero attached hydrogens (tertiary/aromatic N) is 3. The molecule has 166 valence electrons. The maximum Gasteiger partial charge on any atom is 0.253 e. The predicted octanol–water partition coefficient (Wildman–Crippen LogP) is 4.11. The van der Waals surface area contributed by atoms with E-state index in [1.54, 1.807) is 24.3 Å². The van der Waals surface area contributed by atoms with E-state index in [0.29, 0.717) is 42.7 Å². The smallest absolute Gasteiger partial charge is 0.253 e. The number of carbonyl (C=O) groups is 2. The van der Waals surface area contributed by atoms with Crippen molar-refractivity contribution >= 4 is 17.5 Å². The molecule has 0 bridgehead atoms. The van der Waals surface area contributed by atoms with Crippen LogP contribution in [0.3, 0.4) is 0 Å². The fourth-order valence-corrected chi connectivity index (χ4v) is 3.83. The minimum absolute atomic E-state index is 0.00435. The highest BCUT2D eigenvalue weighted by Gasteiger charge is 2.29. The Bertz CT molecular complexity index is 1080. The van der Waals surface area contributed by atoms with Crippen molar-refractivity contribution in [3.05, 3.63) is 60.0 Å². The number of hydrogen-bond donors (Lipinski definition) is 1. The molecule has 1 fully saturated rings. The molecule has 3 aromatic rings. The molecule has 1 aliphatic heterocycles. The molecule has 0 saturated carbocycles. The van der Waals surface area contributed by atoms with Gasteiger partial charge in [-0.2, -0.15) is 4.98 Å². The molecule has 2 heterocycles. The normalized spacial score (nSPS) is 15.9. The molecule has 8 heteroatoms. The Balaban J connectivity index is 1.43. The van der Waals surface area contributed by atoms with Crippen LogP contribution in [0.4, 0.5) is 5.69 Å². The van der Waals surface area contributed by atoms with Crippen LogP contribution in [-0.4, -0.2) is 46.6 Å². The van der Waals surface area contributed by atoms with E-state index in [0.717, 1.165) is 24.2 Å². The van der Waals surface area contributed by atoms with E-state index in [9.17, 15) is 9.59 Å². The summed E-state index contributed by atoms with van der Waals surface area (Å²) < 4.78 is 11.0. The first-order chi connectivity index (χ1) is 15.5.